The highest BCUT2D eigenvalue weighted by molar-refractivity contribution is 7.98. The summed E-state index contributed by atoms with van der Waals surface area (Å²) in [4.78, 5) is 9.31. The van der Waals surface area contributed by atoms with Crippen molar-refractivity contribution < 1.29 is 4.39 Å². The first-order chi connectivity index (χ1) is 13.1. The van der Waals surface area contributed by atoms with E-state index in [2.05, 4.69) is 41.6 Å². The van der Waals surface area contributed by atoms with Gasteiger partial charge in [-0.2, -0.15) is 0 Å². The topological polar surface area (TPSA) is 30.7 Å². The molecule has 0 spiro atoms. The number of aryl methyl sites for hydroxylation is 2. The van der Waals surface area contributed by atoms with Gasteiger partial charge in [0.15, 0.2) is 10.8 Å². The number of hydrogen-bond donors (Lipinski definition) is 0. The van der Waals surface area contributed by atoms with Gasteiger partial charge in [0.25, 0.3) is 0 Å². The molecule has 3 nitrogen and oxygen atoms in total. The van der Waals surface area contributed by atoms with E-state index >= 15 is 0 Å². The second kappa shape index (κ2) is 7.53. The number of nitrogens with zero attached hydrogens (tertiary/aromatic N) is 3. The highest BCUT2D eigenvalue weighted by atomic mass is 32.2. The van der Waals surface area contributed by atoms with Crippen molar-refractivity contribution in [2.45, 2.75) is 31.3 Å². The van der Waals surface area contributed by atoms with Crippen LogP contribution in [-0.4, -0.2) is 14.5 Å². The zero-order valence-electron chi connectivity index (χ0n) is 15.3. The monoisotopic (exact) mass is 377 g/mol. The Balaban J connectivity index is 1.69. The Morgan fingerprint density at radius 3 is 2.78 bits per heavy atom. The SMILES string of the molecule is Cc1ccc(C)c(Cn2c(SCc3cccc(F)c3)nc3cccnc32)c1. The fraction of sp³-hybridized carbons (Fsp3) is 0.182. The van der Waals surface area contributed by atoms with Crippen LogP contribution in [-0.2, 0) is 12.3 Å². The number of hydrogen-bond acceptors (Lipinski definition) is 3. The quantitative estimate of drug-likeness (QED) is 0.429. The molecule has 2 aromatic carbocycles. The number of rotatable bonds is 5. The largest absolute Gasteiger partial charge is 0.299 e. The van der Waals surface area contributed by atoms with Gasteiger partial charge >= 0.3 is 0 Å². The highest BCUT2D eigenvalue weighted by Gasteiger charge is 2.14. The Bertz CT molecular complexity index is 1100. The lowest BCUT2D eigenvalue weighted by Crippen LogP contribution is -2.04. The minimum atomic E-state index is -0.210. The third-order valence-electron chi connectivity index (χ3n) is 4.56. The van der Waals surface area contributed by atoms with Gasteiger partial charge in [0.05, 0.1) is 6.54 Å². The van der Waals surface area contributed by atoms with Crippen LogP contribution in [0.1, 0.15) is 22.3 Å². The summed E-state index contributed by atoms with van der Waals surface area (Å²) in [7, 11) is 0. The van der Waals surface area contributed by atoms with Gasteiger partial charge in [-0.25, -0.2) is 14.4 Å². The van der Waals surface area contributed by atoms with E-state index in [1.54, 1.807) is 30.1 Å². The smallest absolute Gasteiger partial charge is 0.170 e. The molecule has 0 saturated heterocycles. The van der Waals surface area contributed by atoms with Crippen molar-refractivity contribution in [1.29, 1.82) is 0 Å². The average molecular weight is 377 g/mol. The van der Waals surface area contributed by atoms with Crippen LogP contribution in [0.2, 0.25) is 0 Å². The van der Waals surface area contributed by atoms with Crippen molar-refractivity contribution in [2.75, 3.05) is 0 Å². The molecule has 2 aromatic heterocycles. The summed E-state index contributed by atoms with van der Waals surface area (Å²) in [6.45, 7) is 4.94. The van der Waals surface area contributed by atoms with E-state index in [1.165, 1.54) is 22.8 Å². The molecule has 27 heavy (non-hydrogen) atoms. The van der Waals surface area contributed by atoms with Crippen LogP contribution >= 0.6 is 11.8 Å². The normalized spacial score (nSPS) is 11.2. The predicted octanol–water partition coefficient (Wildman–Crippen LogP) is 5.53. The second-order valence-corrected chi connectivity index (χ2v) is 7.62. The van der Waals surface area contributed by atoms with E-state index < -0.39 is 0 Å². The van der Waals surface area contributed by atoms with E-state index in [0.717, 1.165) is 21.9 Å². The molecule has 0 aliphatic heterocycles. The van der Waals surface area contributed by atoms with Crippen molar-refractivity contribution in [3.8, 4) is 0 Å². The molecule has 0 amide bonds. The zero-order valence-corrected chi connectivity index (χ0v) is 16.1. The summed E-state index contributed by atoms with van der Waals surface area (Å²) in [5.41, 5.74) is 6.44. The summed E-state index contributed by atoms with van der Waals surface area (Å²) in [5.74, 6) is 0.451. The Morgan fingerprint density at radius 1 is 1.04 bits per heavy atom. The molecular formula is C22H20FN3S. The lowest BCUT2D eigenvalue weighted by atomic mass is 10.1. The number of fused-ring (bicyclic) bond motifs is 1. The second-order valence-electron chi connectivity index (χ2n) is 6.68. The molecule has 0 atom stereocenters. The highest BCUT2D eigenvalue weighted by Crippen LogP contribution is 2.27. The standard InChI is InChI=1S/C22H20FN3S/c1-15-8-9-16(2)18(11-15)13-26-21-20(7-4-10-24-21)25-22(26)27-14-17-5-3-6-19(23)12-17/h3-12H,13-14H2,1-2H3. The van der Waals surface area contributed by atoms with Crippen LogP contribution < -0.4 is 0 Å². The molecule has 0 fully saturated rings. The molecule has 136 valence electrons. The van der Waals surface area contributed by atoms with E-state index in [9.17, 15) is 4.39 Å². The molecular weight excluding hydrogens is 357 g/mol. The zero-order chi connectivity index (χ0) is 18.8. The number of imidazole rings is 1. The van der Waals surface area contributed by atoms with Gasteiger partial charge in [-0.15, -0.1) is 0 Å². The average Bonchev–Trinajstić information content (AvgIpc) is 3.01. The predicted molar refractivity (Wildman–Crippen MR) is 109 cm³/mol. The Labute approximate surface area is 162 Å². The Hall–Kier alpha value is -2.66. The summed E-state index contributed by atoms with van der Waals surface area (Å²) in [5, 5.41) is 0.897. The molecule has 0 aliphatic carbocycles. The molecule has 4 rings (SSSR count). The summed E-state index contributed by atoms with van der Waals surface area (Å²) in [6, 6.07) is 17.1. The van der Waals surface area contributed by atoms with Gasteiger partial charge in [0.2, 0.25) is 0 Å². The van der Waals surface area contributed by atoms with Crippen molar-refractivity contribution >= 4 is 22.9 Å². The lowest BCUT2D eigenvalue weighted by Gasteiger charge is -2.11. The number of pyridine rings is 1. The maximum atomic E-state index is 13.5. The van der Waals surface area contributed by atoms with E-state index in [-0.39, 0.29) is 5.82 Å². The molecule has 0 bridgehead atoms. The maximum Gasteiger partial charge on any atom is 0.170 e. The molecule has 2 heterocycles. The van der Waals surface area contributed by atoms with E-state index in [1.807, 2.05) is 18.2 Å². The number of benzene rings is 2. The van der Waals surface area contributed by atoms with Crippen LogP contribution in [0.3, 0.4) is 0 Å². The van der Waals surface area contributed by atoms with Crippen LogP contribution in [0.25, 0.3) is 11.2 Å². The number of aromatic nitrogens is 3. The molecule has 0 saturated carbocycles. The van der Waals surface area contributed by atoms with Crippen molar-refractivity contribution in [3.63, 3.8) is 0 Å². The first-order valence-electron chi connectivity index (χ1n) is 8.85. The first-order valence-corrected chi connectivity index (χ1v) is 9.83. The summed E-state index contributed by atoms with van der Waals surface area (Å²) in [6.07, 6.45) is 1.80. The number of thioether (sulfide) groups is 1. The van der Waals surface area contributed by atoms with Crippen LogP contribution in [0.15, 0.2) is 66.0 Å². The molecule has 0 unspecified atom stereocenters. The third-order valence-corrected chi connectivity index (χ3v) is 5.61. The summed E-state index contributed by atoms with van der Waals surface area (Å²) >= 11 is 1.61. The van der Waals surface area contributed by atoms with Crippen molar-refractivity contribution in [3.05, 3.63) is 88.9 Å². The van der Waals surface area contributed by atoms with Gasteiger partial charge in [-0.1, -0.05) is 47.7 Å². The molecule has 0 radical (unpaired) electrons. The maximum absolute atomic E-state index is 13.5. The van der Waals surface area contributed by atoms with Crippen molar-refractivity contribution in [2.24, 2.45) is 0 Å². The molecule has 4 aromatic rings. The van der Waals surface area contributed by atoms with Crippen molar-refractivity contribution in [1.82, 2.24) is 14.5 Å². The van der Waals surface area contributed by atoms with E-state index in [0.29, 0.717) is 12.3 Å². The van der Waals surface area contributed by atoms with Gasteiger partial charge in [0, 0.05) is 11.9 Å². The van der Waals surface area contributed by atoms with Crippen LogP contribution in [0.5, 0.6) is 0 Å². The first kappa shape index (κ1) is 17.7. The molecule has 0 aliphatic rings. The van der Waals surface area contributed by atoms with E-state index in [4.69, 9.17) is 4.98 Å². The molecule has 5 heteroatoms. The van der Waals surface area contributed by atoms with Gasteiger partial charge in [0.1, 0.15) is 11.3 Å². The minimum Gasteiger partial charge on any atom is -0.299 e. The minimum absolute atomic E-state index is 0.210. The fourth-order valence-corrected chi connectivity index (χ4v) is 4.05. The Morgan fingerprint density at radius 2 is 1.93 bits per heavy atom. The van der Waals surface area contributed by atoms with Gasteiger partial charge in [-0.05, 0) is 54.8 Å². The van der Waals surface area contributed by atoms with Crippen LogP contribution in [0.4, 0.5) is 4.39 Å². The van der Waals surface area contributed by atoms with Gasteiger partial charge < -0.3 is 0 Å². The summed E-state index contributed by atoms with van der Waals surface area (Å²) < 4.78 is 15.6. The molecule has 0 N–H and O–H groups in total. The van der Waals surface area contributed by atoms with Gasteiger partial charge in [-0.3, -0.25) is 4.57 Å². The van der Waals surface area contributed by atoms with Crippen LogP contribution in [0, 0.1) is 19.7 Å². The fourth-order valence-electron chi connectivity index (χ4n) is 3.11. The number of halogens is 1. The third kappa shape index (κ3) is 3.88. The Kier molecular flexibility index (Phi) is 4.94. The lowest BCUT2D eigenvalue weighted by molar-refractivity contribution is 0.626.